The molecule has 23 heavy (non-hydrogen) atoms. The Labute approximate surface area is 135 Å². The van der Waals surface area contributed by atoms with Crippen LogP contribution < -0.4 is 11.1 Å². The number of nitrogens with zero attached hydrogens (tertiary/aromatic N) is 1. The molecule has 0 aromatic heterocycles. The second kappa shape index (κ2) is 7.19. The summed E-state index contributed by atoms with van der Waals surface area (Å²) in [7, 11) is 0. The summed E-state index contributed by atoms with van der Waals surface area (Å²) in [5.74, 6) is -1.35. The Morgan fingerprint density at radius 3 is 2.57 bits per heavy atom. The molecule has 0 fully saturated rings. The quantitative estimate of drug-likeness (QED) is 0.328. The average molecular weight is 348 g/mol. The molecule has 0 spiro atoms. The van der Waals surface area contributed by atoms with Crippen molar-refractivity contribution in [3.8, 4) is 0 Å². The molecular weight excluding hydrogens is 335 g/mol. The maximum atomic E-state index is 12.8. The molecule has 4 N–H and O–H groups in total. The number of carboxylic acid groups (broad SMARTS) is 1. The van der Waals surface area contributed by atoms with Crippen LogP contribution in [0.2, 0.25) is 5.02 Å². The first kappa shape index (κ1) is 18.6. The molecule has 0 atom stereocenters. The molecule has 1 aromatic rings. The van der Waals surface area contributed by atoms with Crippen LogP contribution in [-0.4, -0.2) is 17.4 Å². The van der Waals surface area contributed by atoms with Crippen LogP contribution in [0.1, 0.15) is 12.5 Å². The lowest BCUT2D eigenvalue weighted by Gasteiger charge is -2.14. The number of alkyl halides is 3. The highest BCUT2D eigenvalue weighted by atomic mass is 35.5. The number of nitrogens with one attached hydrogen (secondary N) is 1. The molecule has 9 heteroatoms. The Morgan fingerprint density at radius 2 is 2.09 bits per heavy atom. The molecule has 0 bridgehead atoms. The molecular formula is C14H13ClF3N3O2. The van der Waals surface area contributed by atoms with Gasteiger partial charge < -0.3 is 16.2 Å². The van der Waals surface area contributed by atoms with Gasteiger partial charge in [-0.25, -0.2) is 9.79 Å². The molecule has 0 saturated heterocycles. The van der Waals surface area contributed by atoms with Crippen molar-refractivity contribution >= 4 is 29.6 Å². The Hall–Kier alpha value is -2.48. The number of carbonyl (C=O) groups is 1. The van der Waals surface area contributed by atoms with Gasteiger partial charge in [0.05, 0.1) is 16.9 Å². The number of nitrogens with two attached hydrogens (primary N) is 1. The Bertz CT molecular complexity index is 697. The van der Waals surface area contributed by atoms with E-state index in [-0.39, 0.29) is 22.7 Å². The van der Waals surface area contributed by atoms with Crippen LogP contribution in [0.3, 0.4) is 0 Å². The van der Waals surface area contributed by atoms with Gasteiger partial charge >= 0.3 is 12.1 Å². The van der Waals surface area contributed by atoms with E-state index in [0.717, 1.165) is 18.5 Å². The van der Waals surface area contributed by atoms with Gasteiger partial charge in [0.15, 0.2) is 5.70 Å². The number of hydrogen-bond donors (Lipinski definition) is 3. The standard InChI is InChI=1S/C14H13ClF3N3O2/c1-7(12(13(22)23)20-6-19)8(2)21-9-3-4-11(15)10(5-9)14(16,17)18/h3-6,21H,2H2,1H3,(H2,19,20)(H,22,23)/b12-7-. The van der Waals surface area contributed by atoms with Crippen LogP contribution in [0.15, 0.2) is 46.7 Å². The van der Waals surface area contributed by atoms with Crippen LogP contribution in [-0.2, 0) is 11.0 Å². The zero-order valence-electron chi connectivity index (χ0n) is 11.9. The van der Waals surface area contributed by atoms with Gasteiger partial charge in [0, 0.05) is 17.0 Å². The molecule has 1 rings (SSSR count). The van der Waals surface area contributed by atoms with Crippen molar-refractivity contribution in [2.45, 2.75) is 13.1 Å². The minimum atomic E-state index is -4.61. The van der Waals surface area contributed by atoms with E-state index >= 15 is 0 Å². The fraction of sp³-hybridized carbons (Fsp3) is 0.143. The molecule has 0 saturated carbocycles. The lowest BCUT2D eigenvalue weighted by atomic mass is 10.1. The number of rotatable bonds is 5. The van der Waals surface area contributed by atoms with Gasteiger partial charge in [-0.1, -0.05) is 18.2 Å². The summed E-state index contributed by atoms with van der Waals surface area (Å²) in [6, 6.07) is 3.19. The lowest BCUT2D eigenvalue weighted by molar-refractivity contribution is -0.137. The van der Waals surface area contributed by atoms with E-state index in [2.05, 4.69) is 16.9 Å². The van der Waals surface area contributed by atoms with Crippen molar-refractivity contribution in [1.82, 2.24) is 0 Å². The number of benzene rings is 1. The van der Waals surface area contributed by atoms with Crippen LogP contribution >= 0.6 is 11.6 Å². The maximum absolute atomic E-state index is 12.8. The van der Waals surface area contributed by atoms with E-state index in [1.54, 1.807) is 0 Å². The average Bonchev–Trinajstić information content (AvgIpc) is 2.44. The molecule has 1 aromatic carbocycles. The van der Waals surface area contributed by atoms with Crippen molar-refractivity contribution in [3.05, 3.63) is 52.3 Å². The zero-order valence-corrected chi connectivity index (χ0v) is 12.7. The van der Waals surface area contributed by atoms with Gasteiger partial charge in [-0.2, -0.15) is 13.2 Å². The van der Waals surface area contributed by atoms with Crippen LogP contribution in [0, 0.1) is 0 Å². The van der Waals surface area contributed by atoms with E-state index in [4.69, 9.17) is 22.4 Å². The fourth-order valence-electron chi connectivity index (χ4n) is 1.62. The third kappa shape index (κ3) is 4.75. The van der Waals surface area contributed by atoms with Crippen LogP contribution in [0.25, 0.3) is 0 Å². The van der Waals surface area contributed by atoms with Crippen molar-refractivity contribution in [2.75, 3.05) is 5.32 Å². The smallest absolute Gasteiger partial charge is 0.417 e. The molecule has 0 unspecified atom stereocenters. The number of anilines is 1. The van der Waals surface area contributed by atoms with E-state index in [9.17, 15) is 18.0 Å². The van der Waals surface area contributed by atoms with Gasteiger partial charge in [-0.3, -0.25) is 0 Å². The first-order valence-electron chi connectivity index (χ1n) is 6.09. The first-order chi connectivity index (χ1) is 10.6. The highest BCUT2D eigenvalue weighted by Gasteiger charge is 2.33. The predicted octanol–water partition coefficient (Wildman–Crippen LogP) is 3.63. The normalized spacial score (nSPS) is 12.9. The lowest BCUT2D eigenvalue weighted by Crippen LogP contribution is -2.10. The van der Waals surface area contributed by atoms with E-state index in [0.29, 0.717) is 0 Å². The van der Waals surface area contributed by atoms with E-state index < -0.39 is 22.7 Å². The number of allylic oxidation sites excluding steroid dienone is 1. The Balaban J connectivity index is 3.16. The monoisotopic (exact) mass is 347 g/mol. The number of aliphatic imine (C=N–C) groups is 1. The summed E-state index contributed by atoms with van der Waals surface area (Å²) < 4.78 is 38.4. The topological polar surface area (TPSA) is 87.7 Å². The summed E-state index contributed by atoms with van der Waals surface area (Å²) in [6.45, 7) is 4.98. The second-order valence-corrected chi connectivity index (χ2v) is 4.76. The number of hydrogen-bond acceptors (Lipinski definition) is 3. The first-order valence-corrected chi connectivity index (χ1v) is 6.47. The zero-order chi connectivity index (χ0) is 17.8. The number of aliphatic carboxylic acids is 1. The van der Waals surface area contributed by atoms with Crippen molar-refractivity contribution in [3.63, 3.8) is 0 Å². The molecule has 0 aliphatic carbocycles. The largest absolute Gasteiger partial charge is 0.477 e. The Kier molecular flexibility index (Phi) is 5.80. The molecule has 0 amide bonds. The van der Waals surface area contributed by atoms with Crippen molar-refractivity contribution < 1.29 is 23.1 Å². The van der Waals surface area contributed by atoms with Crippen molar-refractivity contribution in [1.29, 1.82) is 0 Å². The minimum absolute atomic E-state index is 0.0486. The molecule has 0 radical (unpaired) electrons. The molecule has 5 nitrogen and oxygen atoms in total. The van der Waals surface area contributed by atoms with E-state index in [1.165, 1.54) is 13.0 Å². The van der Waals surface area contributed by atoms with Crippen molar-refractivity contribution in [2.24, 2.45) is 10.7 Å². The highest BCUT2D eigenvalue weighted by Crippen LogP contribution is 2.36. The van der Waals surface area contributed by atoms with E-state index in [1.807, 2.05) is 0 Å². The van der Waals surface area contributed by atoms with Gasteiger partial charge in [0.25, 0.3) is 0 Å². The summed E-state index contributed by atoms with van der Waals surface area (Å²) in [5.41, 5.74) is 3.89. The summed E-state index contributed by atoms with van der Waals surface area (Å²) in [5, 5.41) is 11.2. The molecule has 124 valence electrons. The number of halogens is 4. The second-order valence-electron chi connectivity index (χ2n) is 4.35. The molecule has 0 aliphatic heterocycles. The summed E-state index contributed by atoms with van der Waals surface area (Å²) in [6.07, 6.45) is -3.82. The van der Waals surface area contributed by atoms with Gasteiger partial charge in [-0.15, -0.1) is 0 Å². The maximum Gasteiger partial charge on any atom is 0.417 e. The summed E-state index contributed by atoms with van der Waals surface area (Å²) >= 11 is 5.52. The highest BCUT2D eigenvalue weighted by molar-refractivity contribution is 6.31. The summed E-state index contributed by atoms with van der Waals surface area (Å²) in [4.78, 5) is 14.5. The van der Waals surface area contributed by atoms with Crippen LogP contribution in [0.5, 0.6) is 0 Å². The van der Waals surface area contributed by atoms with Gasteiger partial charge in [-0.05, 0) is 25.1 Å². The third-order valence-corrected chi connectivity index (χ3v) is 3.11. The predicted molar refractivity (Wildman–Crippen MR) is 82.2 cm³/mol. The SMILES string of the molecule is C=C(Nc1ccc(Cl)c(C(F)(F)F)c1)/C(C)=C(\N=C/N)C(=O)O. The molecule has 0 heterocycles. The Morgan fingerprint density at radius 1 is 1.48 bits per heavy atom. The van der Waals surface area contributed by atoms with Crippen LogP contribution in [0.4, 0.5) is 18.9 Å². The van der Waals surface area contributed by atoms with Gasteiger partial charge in [0.1, 0.15) is 0 Å². The van der Waals surface area contributed by atoms with Gasteiger partial charge in [0.2, 0.25) is 0 Å². The minimum Gasteiger partial charge on any atom is -0.477 e. The number of carboxylic acids is 1. The fourth-order valence-corrected chi connectivity index (χ4v) is 1.84. The molecule has 0 aliphatic rings. The third-order valence-electron chi connectivity index (χ3n) is 2.78.